The van der Waals surface area contributed by atoms with Crippen molar-refractivity contribution in [2.45, 2.75) is 231 Å². The van der Waals surface area contributed by atoms with Crippen LogP contribution < -0.4 is 5.11 Å². The zero-order valence-electron chi connectivity index (χ0n) is 40.3. The van der Waals surface area contributed by atoms with Crippen LogP contribution in [0.2, 0.25) is 0 Å². The minimum Gasteiger partial charge on any atom is -0.544 e. The Morgan fingerprint density at radius 3 is 1.36 bits per heavy atom. The van der Waals surface area contributed by atoms with Crippen LogP contribution in [-0.4, -0.2) is 75.5 Å². The second-order valence-electron chi connectivity index (χ2n) is 18.0. The topological polar surface area (TPSA) is 102 Å². The van der Waals surface area contributed by atoms with Crippen LogP contribution in [0.4, 0.5) is 0 Å². The quantitative estimate of drug-likeness (QED) is 0.0260. The first-order valence-corrected chi connectivity index (χ1v) is 25.2. The van der Waals surface area contributed by atoms with E-state index in [9.17, 15) is 19.5 Å². The molecule has 61 heavy (non-hydrogen) atoms. The summed E-state index contributed by atoms with van der Waals surface area (Å²) >= 11 is 0. The summed E-state index contributed by atoms with van der Waals surface area (Å²) < 4.78 is 17.2. The van der Waals surface area contributed by atoms with E-state index in [2.05, 4.69) is 62.5 Å². The number of carbonyl (C=O) groups is 3. The molecule has 0 aromatic heterocycles. The maximum absolute atomic E-state index is 12.8. The molecule has 2 atom stereocenters. The van der Waals surface area contributed by atoms with Crippen LogP contribution in [-0.2, 0) is 28.6 Å². The van der Waals surface area contributed by atoms with Crippen LogP contribution in [0.25, 0.3) is 0 Å². The molecule has 0 aromatic rings. The number of aliphatic carboxylic acids is 1. The summed E-state index contributed by atoms with van der Waals surface area (Å²) in [6.07, 6.45) is 52.8. The van der Waals surface area contributed by atoms with Gasteiger partial charge in [-0.25, -0.2) is 0 Å². The van der Waals surface area contributed by atoms with Gasteiger partial charge in [0.05, 0.1) is 40.3 Å². The van der Waals surface area contributed by atoms with E-state index in [1.807, 2.05) is 0 Å². The van der Waals surface area contributed by atoms with Gasteiger partial charge in [-0.1, -0.05) is 197 Å². The van der Waals surface area contributed by atoms with E-state index in [1.54, 1.807) is 21.1 Å². The number of allylic oxidation sites excluding steroid dienone is 8. The Morgan fingerprint density at radius 2 is 0.918 bits per heavy atom. The number of hydrogen-bond donors (Lipinski definition) is 0. The Labute approximate surface area is 376 Å². The minimum absolute atomic E-state index is 0.0377. The number of carboxylic acid groups (broad SMARTS) is 1. The average Bonchev–Trinajstić information content (AvgIpc) is 3.22. The molecule has 0 aliphatic carbocycles. The van der Waals surface area contributed by atoms with E-state index in [-0.39, 0.29) is 42.7 Å². The van der Waals surface area contributed by atoms with Gasteiger partial charge in [0, 0.05) is 19.3 Å². The molecular formula is C53H95NO7. The summed E-state index contributed by atoms with van der Waals surface area (Å²) in [5.74, 6) is -1.74. The van der Waals surface area contributed by atoms with E-state index < -0.39 is 18.1 Å². The number of rotatable bonds is 45. The number of ether oxygens (including phenoxy) is 3. The van der Waals surface area contributed by atoms with Crippen molar-refractivity contribution >= 4 is 17.9 Å². The van der Waals surface area contributed by atoms with Crippen molar-refractivity contribution in [1.29, 1.82) is 0 Å². The Balaban J connectivity index is 4.27. The van der Waals surface area contributed by atoms with Crippen molar-refractivity contribution in [3.05, 3.63) is 48.6 Å². The van der Waals surface area contributed by atoms with Crippen molar-refractivity contribution in [3.63, 3.8) is 0 Å². The summed E-state index contributed by atoms with van der Waals surface area (Å²) in [5.41, 5.74) is 0. The van der Waals surface area contributed by atoms with Gasteiger partial charge in [-0.2, -0.15) is 0 Å². The molecule has 8 nitrogen and oxygen atoms in total. The van der Waals surface area contributed by atoms with Crippen molar-refractivity contribution in [3.8, 4) is 0 Å². The number of likely N-dealkylation sites (N-methyl/N-ethyl adjacent to an activating group) is 1. The van der Waals surface area contributed by atoms with Crippen molar-refractivity contribution in [2.75, 3.05) is 41.0 Å². The third-order valence-electron chi connectivity index (χ3n) is 11.2. The first kappa shape index (κ1) is 58.3. The molecule has 0 rings (SSSR count). The van der Waals surface area contributed by atoms with Gasteiger partial charge in [-0.05, 0) is 51.4 Å². The molecular weight excluding hydrogens is 763 g/mol. The standard InChI is InChI=1S/C53H95NO7/c1-6-8-10-12-14-16-18-20-22-24-26-28-29-31-33-35-37-39-41-43-51(55)60-48-49(47-59-46-45-50(53(57)58)54(3,4)5)61-52(56)44-42-40-38-36-34-32-30-27-25-23-21-19-17-15-13-11-9-7-2/h8,10,14,16,20,22,26,28,49-50H,6-7,9,11-13,15,17-19,21,23-25,27,29-48H2,1-5H3/b10-8+,16-14+,22-20+,28-26+. The summed E-state index contributed by atoms with van der Waals surface area (Å²) in [6, 6.07) is -0.728. The summed E-state index contributed by atoms with van der Waals surface area (Å²) in [7, 11) is 5.41. The molecule has 0 aliphatic heterocycles. The number of esters is 2. The van der Waals surface area contributed by atoms with Crippen molar-refractivity contribution in [2.24, 2.45) is 0 Å². The summed E-state index contributed by atoms with van der Waals surface area (Å²) in [6.45, 7) is 4.56. The maximum Gasteiger partial charge on any atom is 0.306 e. The largest absolute Gasteiger partial charge is 0.544 e. The highest BCUT2D eigenvalue weighted by Gasteiger charge is 2.25. The lowest BCUT2D eigenvalue weighted by Gasteiger charge is -2.34. The van der Waals surface area contributed by atoms with Crippen LogP contribution in [0.3, 0.4) is 0 Å². The van der Waals surface area contributed by atoms with E-state index in [0.29, 0.717) is 12.8 Å². The number of nitrogens with zero attached hydrogens (tertiary/aromatic N) is 1. The number of carbonyl (C=O) groups excluding carboxylic acids is 3. The molecule has 0 heterocycles. The van der Waals surface area contributed by atoms with Crippen LogP contribution in [0, 0.1) is 0 Å². The Kier molecular flexibility index (Phi) is 42.0. The second kappa shape index (κ2) is 43.9. The van der Waals surface area contributed by atoms with Gasteiger partial charge in [-0.15, -0.1) is 0 Å². The smallest absolute Gasteiger partial charge is 0.306 e. The molecule has 0 amide bonds. The van der Waals surface area contributed by atoms with Gasteiger partial charge in [0.25, 0.3) is 0 Å². The highest BCUT2D eigenvalue weighted by Crippen LogP contribution is 2.16. The van der Waals surface area contributed by atoms with Crippen LogP contribution in [0.5, 0.6) is 0 Å². The molecule has 0 radical (unpaired) electrons. The molecule has 2 unspecified atom stereocenters. The lowest BCUT2D eigenvalue weighted by atomic mass is 10.0. The van der Waals surface area contributed by atoms with E-state index in [1.165, 1.54) is 109 Å². The van der Waals surface area contributed by atoms with Gasteiger partial charge in [0.1, 0.15) is 12.6 Å². The molecule has 354 valence electrons. The molecule has 0 spiro atoms. The number of unbranched alkanes of at least 4 members (excludes halogenated alkanes) is 23. The summed E-state index contributed by atoms with van der Waals surface area (Å²) in [4.78, 5) is 37.0. The van der Waals surface area contributed by atoms with E-state index >= 15 is 0 Å². The molecule has 0 fully saturated rings. The Morgan fingerprint density at radius 1 is 0.508 bits per heavy atom. The van der Waals surface area contributed by atoms with Crippen molar-refractivity contribution < 1.29 is 38.2 Å². The van der Waals surface area contributed by atoms with Crippen LogP contribution >= 0.6 is 0 Å². The molecule has 0 saturated heterocycles. The zero-order valence-corrected chi connectivity index (χ0v) is 40.3. The predicted molar refractivity (Wildman–Crippen MR) is 254 cm³/mol. The number of hydrogen-bond acceptors (Lipinski definition) is 7. The third-order valence-corrected chi connectivity index (χ3v) is 11.2. The predicted octanol–water partition coefficient (Wildman–Crippen LogP) is 13.0. The second-order valence-corrected chi connectivity index (χ2v) is 18.0. The van der Waals surface area contributed by atoms with Gasteiger partial charge in [0.15, 0.2) is 6.10 Å². The van der Waals surface area contributed by atoms with E-state index in [4.69, 9.17) is 14.2 Å². The fraction of sp³-hybridized carbons (Fsp3) is 0.792. The van der Waals surface area contributed by atoms with Gasteiger partial charge >= 0.3 is 11.9 Å². The monoisotopic (exact) mass is 858 g/mol. The molecule has 0 N–H and O–H groups in total. The summed E-state index contributed by atoms with van der Waals surface area (Å²) in [5, 5.41) is 11.7. The first-order valence-electron chi connectivity index (χ1n) is 25.2. The normalized spacial score (nSPS) is 13.3. The number of carboxylic acids is 1. The van der Waals surface area contributed by atoms with Gasteiger partial charge in [-0.3, -0.25) is 9.59 Å². The maximum atomic E-state index is 12.8. The van der Waals surface area contributed by atoms with Crippen molar-refractivity contribution in [1.82, 2.24) is 0 Å². The highest BCUT2D eigenvalue weighted by molar-refractivity contribution is 5.70. The molecule has 0 aromatic carbocycles. The van der Waals surface area contributed by atoms with Gasteiger partial charge < -0.3 is 28.6 Å². The molecule has 0 bridgehead atoms. The average molecular weight is 858 g/mol. The minimum atomic E-state index is -1.13. The number of quaternary nitrogens is 1. The SMILES string of the molecule is CC/C=C/C/C=C/C/C=C/C/C=C/CCCCCCCCC(=O)OCC(COCCC(C(=O)[O-])[N+](C)(C)C)OC(=O)CCCCCCCCCCCCCCCCCCCC. The van der Waals surface area contributed by atoms with E-state index in [0.717, 1.165) is 77.0 Å². The lowest BCUT2D eigenvalue weighted by molar-refractivity contribution is -0.889. The van der Waals surface area contributed by atoms with Crippen LogP contribution in [0.1, 0.15) is 219 Å². The lowest BCUT2D eigenvalue weighted by Crippen LogP contribution is -2.55. The zero-order chi connectivity index (χ0) is 44.9. The third kappa shape index (κ3) is 42.4. The highest BCUT2D eigenvalue weighted by atomic mass is 16.6. The fourth-order valence-corrected chi connectivity index (χ4v) is 7.36. The fourth-order valence-electron chi connectivity index (χ4n) is 7.36. The first-order chi connectivity index (χ1) is 29.6. The molecule has 8 heteroatoms. The Hall–Kier alpha value is -2.71. The molecule has 0 aliphatic rings. The van der Waals surface area contributed by atoms with Crippen LogP contribution in [0.15, 0.2) is 48.6 Å². The van der Waals surface area contributed by atoms with Gasteiger partial charge in [0.2, 0.25) is 0 Å². The molecule has 0 saturated carbocycles. The Bertz CT molecular complexity index is 1140.